The zero-order valence-corrected chi connectivity index (χ0v) is 12.7. The van der Waals surface area contributed by atoms with Crippen LogP contribution < -0.4 is 4.74 Å². The molecular formula is C18H24NO+. The summed E-state index contributed by atoms with van der Waals surface area (Å²) in [6.07, 6.45) is 0. The van der Waals surface area contributed by atoms with Gasteiger partial charge in [-0.1, -0.05) is 48.0 Å². The van der Waals surface area contributed by atoms with Crippen molar-refractivity contribution in [3.63, 3.8) is 0 Å². The van der Waals surface area contributed by atoms with E-state index in [1.165, 1.54) is 11.1 Å². The highest BCUT2D eigenvalue weighted by Crippen LogP contribution is 2.12. The minimum absolute atomic E-state index is 0.739. The molecule has 2 aromatic carbocycles. The number of likely N-dealkylation sites (N-methyl/N-ethyl adjacent to an activating group) is 1. The van der Waals surface area contributed by atoms with Gasteiger partial charge in [-0.25, -0.2) is 0 Å². The highest BCUT2D eigenvalue weighted by Gasteiger charge is 2.16. The van der Waals surface area contributed by atoms with E-state index in [-0.39, 0.29) is 0 Å². The number of rotatable bonds is 6. The Morgan fingerprint density at radius 3 is 2.40 bits per heavy atom. The van der Waals surface area contributed by atoms with Crippen LogP contribution in [0, 0.1) is 6.92 Å². The summed E-state index contributed by atoms with van der Waals surface area (Å²) in [6, 6.07) is 18.7. The van der Waals surface area contributed by atoms with Crippen molar-refractivity contribution >= 4 is 0 Å². The van der Waals surface area contributed by atoms with Crippen molar-refractivity contribution in [2.45, 2.75) is 13.5 Å². The van der Waals surface area contributed by atoms with Crippen molar-refractivity contribution < 1.29 is 9.22 Å². The zero-order valence-electron chi connectivity index (χ0n) is 12.7. The summed E-state index contributed by atoms with van der Waals surface area (Å²) >= 11 is 0. The Hall–Kier alpha value is -1.80. The third kappa shape index (κ3) is 4.71. The van der Waals surface area contributed by atoms with Crippen molar-refractivity contribution in [1.82, 2.24) is 0 Å². The van der Waals surface area contributed by atoms with E-state index in [1.54, 1.807) is 0 Å². The molecule has 0 aliphatic heterocycles. The number of benzene rings is 2. The smallest absolute Gasteiger partial charge is 0.137 e. The summed E-state index contributed by atoms with van der Waals surface area (Å²) in [5.74, 6) is 0.947. The van der Waals surface area contributed by atoms with Gasteiger partial charge < -0.3 is 9.22 Å². The van der Waals surface area contributed by atoms with Gasteiger partial charge in [0.05, 0.1) is 14.1 Å². The van der Waals surface area contributed by atoms with Crippen LogP contribution in [0.2, 0.25) is 0 Å². The Bertz CT molecular complexity index is 534. The molecule has 0 spiro atoms. The molecule has 0 aliphatic rings. The standard InChI is InChI=1S/C18H24NO/c1-16-8-7-9-17(14-16)15-19(2,3)12-13-20-18-10-5-4-6-11-18/h4-11,14H,12-13,15H2,1-3H3/q+1. The van der Waals surface area contributed by atoms with Crippen molar-refractivity contribution in [3.05, 3.63) is 65.7 Å². The number of quaternary nitrogens is 1. The summed E-state index contributed by atoms with van der Waals surface area (Å²) in [5.41, 5.74) is 2.71. The zero-order chi connectivity index (χ0) is 14.4. The lowest BCUT2D eigenvalue weighted by Crippen LogP contribution is -2.42. The van der Waals surface area contributed by atoms with Gasteiger partial charge in [-0.05, 0) is 19.1 Å². The van der Waals surface area contributed by atoms with Crippen LogP contribution in [-0.4, -0.2) is 31.7 Å². The summed E-state index contributed by atoms with van der Waals surface area (Å²) in [5, 5.41) is 0. The SMILES string of the molecule is Cc1cccc(C[N+](C)(C)CCOc2ccccc2)c1. The number of hydrogen-bond donors (Lipinski definition) is 0. The lowest BCUT2D eigenvalue weighted by atomic mass is 10.1. The fourth-order valence-electron chi connectivity index (χ4n) is 2.31. The monoisotopic (exact) mass is 270 g/mol. The van der Waals surface area contributed by atoms with E-state index in [1.807, 2.05) is 30.3 Å². The van der Waals surface area contributed by atoms with E-state index in [4.69, 9.17) is 4.74 Å². The lowest BCUT2D eigenvalue weighted by Gasteiger charge is -2.29. The van der Waals surface area contributed by atoms with E-state index in [9.17, 15) is 0 Å². The number of nitrogens with zero attached hydrogens (tertiary/aromatic N) is 1. The molecule has 0 radical (unpaired) electrons. The van der Waals surface area contributed by atoms with Crippen LogP contribution in [0.3, 0.4) is 0 Å². The first kappa shape index (κ1) is 14.6. The second-order valence-corrected chi connectivity index (χ2v) is 5.97. The van der Waals surface area contributed by atoms with Crippen LogP contribution in [0.4, 0.5) is 0 Å². The third-order valence-corrected chi connectivity index (χ3v) is 3.40. The van der Waals surface area contributed by atoms with Gasteiger partial charge in [-0.2, -0.15) is 0 Å². The first-order chi connectivity index (χ1) is 9.55. The van der Waals surface area contributed by atoms with E-state index in [0.717, 1.165) is 29.9 Å². The first-order valence-corrected chi connectivity index (χ1v) is 7.11. The fraction of sp³-hybridized carbons (Fsp3) is 0.333. The molecule has 0 aromatic heterocycles. The Morgan fingerprint density at radius 1 is 0.950 bits per heavy atom. The largest absolute Gasteiger partial charge is 0.488 e. The van der Waals surface area contributed by atoms with Crippen LogP contribution in [0.15, 0.2) is 54.6 Å². The average molecular weight is 270 g/mol. The summed E-state index contributed by atoms with van der Waals surface area (Å²) in [4.78, 5) is 0. The molecule has 0 atom stereocenters. The minimum atomic E-state index is 0.739. The van der Waals surface area contributed by atoms with E-state index in [2.05, 4.69) is 45.3 Å². The highest BCUT2D eigenvalue weighted by atomic mass is 16.5. The van der Waals surface area contributed by atoms with Crippen molar-refractivity contribution in [1.29, 1.82) is 0 Å². The van der Waals surface area contributed by atoms with Gasteiger partial charge in [0.1, 0.15) is 25.4 Å². The molecule has 0 bridgehead atoms. The highest BCUT2D eigenvalue weighted by molar-refractivity contribution is 5.22. The Morgan fingerprint density at radius 2 is 1.70 bits per heavy atom. The molecule has 0 amide bonds. The molecule has 20 heavy (non-hydrogen) atoms. The topological polar surface area (TPSA) is 9.23 Å². The predicted molar refractivity (Wildman–Crippen MR) is 83.8 cm³/mol. The number of aryl methyl sites for hydroxylation is 1. The number of ether oxygens (including phenoxy) is 1. The molecule has 2 heteroatoms. The van der Waals surface area contributed by atoms with Crippen molar-refractivity contribution in [2.75, 3.05) is 27.2 Å². The quantitative estimate of drug-likeness (QED) is 0.728. The molecule has 2 nitrogen and oxygen atoms in total. The maximum absolute atomic E-state index is 5.79. The van der Waals surface area contributed by atoms with Gasteiger partial charge in [-0.3, -0.25) is 0 Å². The Labute approximate surface area is 122 Å². The Kier molecular flexibility index (Phi) is 4.80. The van der Waals surface area contributed by atoms with Gasteiger partial charge in [0, 0.05) is 5.56 Å². The minimum Gasteiger partial charge on any atom is -0.488 e. The molecule has 106 valence electrons. The maximum atomic E-state index is 5.79. The van der Waals surface area contributed by atoms with Crippen LogP contribution in [0.5, 0.6) is 5.75 Å². The fourth-order valence-corrected chi connectivity index (χ4v) is 2.31. The van der Waals surface area contributed by atoms with Crippen LogP contribution >= 0.6 is 0 Å². The average Bonchev–Trinajstić information content (AvgIpc) is 2.39. The maximum Gasteiger partial charge on any atom is 0.137 e. The van der Waals surface area contributed by atoms with Crippen LogP contribution in [-0.2, 0) is 6.54 Å². The molecule has 0 heterocycles. The molecule has 0 saturated heterocycles. The first-order valence-electron chi connectivity index (χ1n) is 7.11. The van der Waals surface area contributed by atoms with Gasteiger partial charge in [0.15, 0.2) is 0 Å². The molecule has 0 unspecified atom stereocenters. The normalized spacial score (nSPS) is 11.3. The molecule has 2 rings (SSSR count). The summed E-state index contributed by atoms with van der Waals surface area (Å²) in [6.45, 7) is 4.90. The molecule has 0 saturated carbocycles. The number of para-hydroxylation sites is 1. The molecule has 2 aromatic rings. The second kappa shape index (κ2) is 6.58. The lowest BCUT2D eigenvalue weighted by molar-refractivity contribution is -0.903. The van der Waals surface area contributed by atoms with Gasteiger partial charge >= 0.3 is 0 Å². The molecular weight excluding hydrogens is 246 g/mol. The van der Waals surface area contributed by atoms with Crippen LogP contribution in [0.25, 0.3) is 0 Å². The van der Waals surface area contributed by atoms with Crippen molar-refractivity contribution in [3.8, 4) is 5.75 Å². The van der Waals surface area contributed by atoms with E-state index < -0.39 is 0 Å². The van der Waals surface area contributed by atoms with Gasteiger partial charge in [0.25, 0.3) is 0 Å². The predicted octanol–water partition coefficient (Wildman–Crippen LogP) is 3.65. The molecule has 0 fully saturated rings. The summed E-state index contributed by atoms with van der Waals surface area (Å²) in [7, 11) is 4.49. The number of hydrogen-bond acceptors (Lipinski definition) is 1. The van der Waals surface area contributed by atoms with E-state index in [0.29, 0.717) is 0 Å². The van der Waals surface area contributed by atoms with Crippen molar-refractivity contribution in [2.24, 2.45) is 0 Å². The second-order valence-electron chi connectivity index (χ2n) is 5.97. The van der Waals surface area contributed by atoms with Gasteiger partial charge in [-0.15, -0.1) is 0 Å². The van der Waals surface area contributed by atoms with E-state index >= 15 is 0 Å². The molecule has 0 N–H and O–H groups in total. The molecule has 0 aliphatic carbocycles. The van der Waals surface area contributed by atoms with Crippen LogP contribution in [0.1, 0.15) is 11.1 Å². The Balaban J connectivity index is 1.84. The third-order valence-electron chi connectivity index (χ3n) is 3.40. The van der Waals surface area contributed by atoms with Gasteiger partial charge in [0.2, 0.25) is 0 Å². The summed E-state index contributed by atoms with van der Waals surface area (Å²) < 4.78 is 6.71.